The minimum atomic E-state index is -0.241. The molecule has 1 aromatic carbocycles. The van der Waals surface area contributed by atoms with E-state index < -0.39 is 0 Å². The van der Waals surface area contributed by atoms with Crippen molar-refractivity contribution in [3.05, 3.63) is 29.3 Å². The highest BCUT2D eigenvalue weighted by atomic mass is 35.5. The largest absolute Gasteiger partial charge is 0.346 e. The Kier molecular flexibility index (Phi) is 6.49. The molecule has 0 bridgehead atoms. The second kappa shape index (κ2) is 7.88. The lowest BCUT2D eigenvalue weighted by Crippen LogP contribution is -2.44. The smallest absolute Gasteiger partial charge is 0.326 e. The first-order valence-electron chi connectivity index (χ1n) is 6.98. The molecule has 1 aliphatic heterocycles. The van der Waals surface area contributed by atoms with Crippen LogP contribution in [0.25, 0.3) is 0 Å². The minimum Gasteiger partial charge on any atom is -0.346 e. The van der Waals surface area contributed by atoms with Gasteiger partial charge in [0.05, 0.1) is 0 Å². The number of nitrogens with one attached hydrogen (secondary N) is 2. The van der Waals surface area contributed by atoms with Gasteiger partial charge in [-0.3, -0.25) is 10.3 Å². The molecule has 0 fully saturated rings. The average Bonchev–Trinajstić information content (AvgIpc) is 2.60. The van der Waals surface area contributed by atoms with Crippen molar-refractivity contribution < 1.29 is 4.79 Å². The van der Waals surface area contributed by atoms with E-state index in [-0.39, 0.29) is 18.4 Å². The molecule has 2 amide bonds. The highest BCUT2D eigenvalue weighted by molar-refractivity contribution is 6.03. The fourth-order valence-corrected chi connectivity index (χ4v) is 2.27. The summed E-state index contributed by atoms with van der Waals surface area (Å²) in [7, 11) is 1.95. The molecule has 0 aliphatic carbocycles. The number of urea groups is 1. The summed E-state index contributed by atoms with van der Waals surface area (Å²) in [5.41, 5.74) is 2.97. The van der Waals surface area contributed by atoms with Crippen molar-refractivity contribution in [3.63, 3.8) is 0 Å². The second-order valence-electron chi connectivity index (χ2n) is 5.18. The van der Waals surface area contributed by atoms with Crippen molar-refractivity contribution in [1.82, 2.24) is 10.2 Å². The molecule has 2 N–H and O–H groups in total. The molecule has 0 atom stereocenters. The summed E-state index contributed by atoms with van der Waals surface area (Å²) in [6.07, 6.45) is 2.16. The zero-order valence-corrected chi connectivity index (χ0v) is 13.6. The number of guanidine groups is 1. The fraction of sp³-hybridized carbons (Fsp3) is 0.467. The van der Waals surface area contributed by atoms with Crippen molar-refractivity contribution in [2.24, 2.45) is 4.99 Å². The number of benzene rings is 1. The number of hydrogen-bond donors (Lipinski definition) is 2. The number of halogens is 1. The van der Waals surface area contributed by atoms with Crippen LogP contribution in [-0.2, 0) is 0 Å². The van der Waals surface area contributed by atoms with Crippen LogP contribution in [0, 0.1) is 13.8 Å². The van der Waals surface area contributed by atoms with Crippen LogP contribution in [0.2, 0.25) is 0 Å². The van der Waals surface area contributed by atoms with Gasteiger partial charge in [0.25, 0.3) is 0 Å². The number of hydrogen-bond acceptors (Lipinski definition) is 3. The third-order valence-corrected chi connectivity index (χ3v) is 3.47. The van der Waals surface area contributed by atoms with Crippen molar-refractivity contribution in [2.75, 3.05) is 25.5 Å². The van der Waals surface area contributed by atoms with Crippen LogP contribution >= 0.6 is 12.4 Å². The highest BCUT2D eigenvalue weighted by Gasteiger charge is 2.14. The maximum atomic E-state index is 12.1. The van der Waals surface area contributed by atoms with Gasteiger partial charge in [-0.1, -0.05) is 18.2 Å². The van der Waals surface area contributed by atoms with Gasteiger partial charge < -0.3 is 10.2 Å². The molecule has 5 nitrogen and oxygen atoms in total. The SMILES string of the molecule is Cc1cccc(C)c1NC(=O)NC1=NCCCCN1C.Cl. The number of carbonyl (C=O) groups is 1. The Balaban J connectivity index is 0.00000220. The summed E-state index contributed by atoms with van der Waals surface area (Å²) < 4.78 is 0. The number of aryl methyl sites for hydroxylation is 2. The number of nitrogens with zero attached hydrogens (tertiary/aromatic N) is 2. The zero-order valence-electron chi connectivity index (χ0n) is 12.8. The van der Waals surface area contributed by atoms with E-state index in [0.29, 0.717) is 5.96 Å². The van der Waals surface area contributed by atoms with Gasteiger partial charge in [-0.15, -0.1) is 12.4 Å². The molecule has 21 heavy (non-hydrogen) atoms. The monoisotopic (exact) mass is 310 g/mol. The molecule has 0 saturated carbocycles. The van der Waals surface area contributed by atoms with Crippen LogP contribution in [0.15, 0.2) is 23.2 Å². The first kappa shape index (κ1) is 17.3. The summed E-state index contributed by atoms with van der Waals surface area (Å²) in [4.78, 5) is 18.5. The normalized spacial score (nSPS) is 14.6. The molecule has 116 valence electrons. The maximum Gasteiger partial charge on any atom is 0.326 e. The van der Waals surface area contributed by atoms with Crippen LogP contribution in [0.1, 0.15) is 24.0 Å². The van der Waals surface area contributed by atoms with Crippen molar-refractivity contribution in [2.45, 2.75) is 26.7 Å². The molecule has 1 heterocycles. The Morgan fingerprint density at radius 1 is 1.19 bits per heavy atom. The zero-order chi connectivity index (χ0) is 14.5. The summed E-state index contributed by atoms with van der Waals surface area (Å²) in [6.45, 7) is 5.65. The number of aliphatic imine (C=N–C) groups is 1. The van der Waals surface area contributed by atoms with Crippen LogP contribution in [0.3, 0.4) is 0 Å². The van der Waals surface area contributed by atoms with E-state index in [2.05, 4.69) is 15.6 Å². The quantitative estimate of drug-likeness (QED) is 0.838. The Labute approximate surface area is 132 Å². The molecule has 1 aliphatic rings. The summed E-state index contributed by atoms with van der Waals surface area (Å²) in [5, 5.41) is 5.75. The standard InChI is InChI=1S/C15H22N4O.ClH/c1-11-7-6-8-12(2)13(11)17-15(20)18-14-16-9-4-5-10-19(14)3;/h6-8H,4-5,9-10H2,1-3H3,(H2,16,17,18,20);1H. The van der Waals surface area contributed by atoms with E-state index in [1.165, 1.54) is 0 Å². The van der Waals surface area contributed by atoms with Crippen molar-refractivity contribution >= 4 is 30.1 Å². The van der Waals surface area contributed by atoms with E-state index >= 15 is 0 Å². The van der Waals surface area contributed by atoms with Crippen LogP contribution in [-0.4, -0.2) is 37.0 Å². The third kappa shape index (κ3) is 4.63. The Bertz CT molecular complexity index is 510. The molecular weight excluding hydrogens is 288 g/mol. The highest BCUT2D eigenvalue weighted by Crippen LogP contribution is 2.19. The maximum absolute atomic E-state index is 12.1. The van der Waals surface area contributed by atoms with Gasteiger partial charge in [-0.25, -0.2) is 4.79 Å². The topological polar surface area (TPSA) is 56.7 Å². The Morgan fingerprint density at radius 2 is 1.86 bits per heavy atom. The molecule has 0 aromatic heterocycles. The lowest BCUT2D eigenvalue weighted by Gasteiger charge is -2.20. The van der Waals surface area contributed by atoms with Crippen LogP contribution in [0.5, 0.6) is 0 Å². The first-order chi connectivity index (χ1) is 9.58. The Morgan fingerprint density at radius 3 is 2.52 bits per heavy atom. The van der Waals surface area contributed by atoms with Gasteiger partial charge in [-0.05, 0) is 37.8 Å². The van der Waals surface area contributed by atoms with Gasteiger partial charge >= 0.3 is 6.03 Å². The molecule has 6 heteroatoms. The van der Waals surface area contributed by atoms with Gasteiger partial charge in [0.2, 0.25) is 5.96 Å². The van der Waals surface area contributed by atoms with Gasteiger partial charge in [0.15, 0.2) is 0 Å². The predicted octanol–water partition coefficient (Wildman–Crippen LogP) is 2.93. The summed E-state index contributed by atoms with van der Waals surface area (Å²) in [6, 6.07) is 5.71. The lowest BCUT2D eigenvalue weighted by atomic mass is 10.1. The number of carbonyl (C=O) groups excluding carboxylic acids is 1. The molecule has 0 radical (unpaired) electrons. The number of anilines is 1. The van der Waals surface area contributed by atoms with E-state index in [0.717, 1.165) is 42.7 Å². The van der Waals surface area contributed by atoms with Gasteiger partial charge in [-0.2, -0.15) is 0 Å². The number of rotatable bonds is 1. The number of para-hydroxylation sites is 1. The third-order valence-electron chi connectivity index (χ3n) is 3.47. The number of amides is 2. The first-order valence-corrected chi connectivity index (χ1v) is 6.98. The van der Waals surface area contributed by atoms with E-state index in [1.807, 2.05) is 44.0 Å². The van der Waals surface area contributed by atoms with E-state index in [9.17, 15) is 4.79 Å². The molecule has 0 unspecified atom stereocenters. The Hall–Kier alpha value is -1.75. The lowest BCUT2D eigenvalue weighted by molar-refractivity contribution is 0.255. The van der Waals surface area contributed by atoms with E-state index in [4.69, 9.17) is 0 Å². The molecular formula is C15H23ClN4O. The van der Waals surface area contributed by atoms with Crippen molar-refractivity contribution in [3.8, 4) is 0 Å². The molecule has 2 rings (SSSR count). The second-order valence-corrected chi connectivity index (χ2v) is 5.18. The molecule has 0 saturated heterocycles. The minimum absolute atomic E-state index is 0. The predicted molar refractivity (Wildman–Crippen MR) is 89.5 cm³/mol. The molecule has 0 spiro atoms. The van der Waals surface area contributed by atoms with Gasteiger partial charge in [0, 0.05) is 25.8 Å². The summed E-state index contributed by atoms with van der Waals surface area (Å²) in [5.74, 6) is 0.645. The van der Waals surface area contributed by atoms with Crippen LogP contribution in [0.4, 0.5) is 10.5 Å². The van der Waals surface area contributed by atoms with Gasteiger partial charge in [0.1, 0.15) is 0 Å². The fourth-order valence-electron chi connectivity index (χ4n) is 2.27. The van der Waals surface area contributed by atoms with Crippen LogP contribution < -0.4 is 10.6 Å². The van der Waals surface area contributed by atoms with E-state index in [1.54, 1.807) is 0 Å². The molecule has 1 aromatic rings. The van der Waals surface area contributed by atoms with Crippen molar-refractivity contribution in [1.29, 1.82) is 0 Å². The summed E-state index contributed by atoms with van der Waals surface area (Å²) >= 11 is 0. The average molecular weight is 311 g/mol.